The number of nitro groups is 1. The van der Waals surface area contributed by atoms with Crippen molar-refractivity contribution >= 4 is 17.3 Å². The summed E-state index contributed by atoms with van der Waals surface area (Å²) < 4.78 is 13.8. The van der Waals surface area contributed by atoms with E-state index < -0.39 is 28.0 Å². The van der Waals surface area contributed by atoms with Gasteiger partial charge in [-0.1, -0.05) is 20.3 Å². The van der Waals surface area contributed by atoms with E-state index in [4.69, 9.17) is 5.11 Å². The van der Waals surface area contributed by atoms with Gasteiger partial charge in [-0.15, -0.1) is 0 Å². The molecule has 0 fully saturated rings. The number of nitrogens with zero attached hydrogens (tertiary/aromatic N) is 1. The van der Waals surface area contributed by atoms with Gasteiger partial charge < -0.3 is 10.4 Å². The Morgan fingerprint density at radius 3 is 2.60 bits per heavy atom. The number of carbonyl (C=O) groups is 1. The first-order valence-corrected chi connectivity index (χ1v) is 6.38. The maximum atomic E-state index is 13.8. The number of nitrogens with one attached hydrogen (secondary N) is 1. The fourth-order valence-electron chi connectivity index (χ4n) is 1.94. The Balaban J connectivity index is 3.18. The molecule has 0 spiro atoms. The van der Waals surface area contributed by atoms with Gasteiger partial charge in [-0.2, -0.15) is 0 Å². The van der Waals surface area contributed by atoms with Crippen LogP contribution < -0.4 is 5.32 Å². The highest BCUT2D eigenvalue weighted by Crippen LogP contribution is 2.27. The molecule has 1 aromatic rings. The topological polar surface area (TPSA) is 92.5 Å². The monoisotopic (exact) mass is 284 g/mol. The van der Waals surface area contributed by atoms with E-state index >= 15 is 0 Å². The Kier molecular flexibility index (Phi) is 5.42. The molecule has 1 unspecified atom stereocenters. The second-order valence-electron chi connectivity index (χ2n) is 4.45. The summed E-state index contributed by atoms with van der Waals surface area (Å²) in [6, 6.07) is 1.62. The summed E-state index contributed by atoms with van der Waals surface area (Å²) >= 11 is 0. The highest BCUT2D eigenvalue weighted by atomic mass is 19.1. The van der Waals surface area contributed by atoms with Gasteiger partial charge in [0.05, 0.1) is 16.7 Å². The number of anilines is 1. The van der Waals surface area contributed by atoms with Gasteiger partial charge in [-0.05, 0) is 18.9 Å². The SMILES string of the molecule is CCCC(CC)Nc1cc(C(=O)O)c([N+](=O)[O-])cc1F. The first-order valence-electron chi connectivity index (χ1n) is 6.38. The molecule has 1 atom stereocenters. The van der Waals surface area contributed by atoms with Gasteiger partial charge in [0.2, 0.25) is 0 Å². The van der Waals surface area contributed by atoms with Crippen LogP contribution in [0, 0.1) is 15.9 Å². The number of rotatable bonds is 7. The van der Waals surface area contributed by atoms with Crippen molar-refractivity contribution in [3.63, 3.8) is 0 Å². The summed E-state index contributed by atoms with van der Waals surface area (Å²) in [5.41, 5.74) is -1.29. The molecular formula is C13H17FN2O4. The van der Waals surface area contributed by atoms with Crippen LogP contribution in [-0.4, -0.2) is 22.0 Å². The molecule has 0 aliphatic carbocycles. The fraction of sp³-hybridized carbons (Fsp3) is 0.462. The number of nitro benzene ring substituents is 1. The van der Waals surface area contributed by atoms with Crippen molar-refractivity contribution in [1.82, 2.24) is 0 Å². The minimum Gasteiger partial charge on any atom is -0.477 e. The second-order valence-corrected chi connectivity index (χ2v) is 4.45. The van der Waals surface area contributed by atoms with Gasteiger partial charge in [0.25, 0.3) is 5.69 Å². The molecule has 20 heavy (non-hydrogen) atoms. The second kappa shape index (κ2) is 6.83. The third kappa shape index (κ3) is 3.66. The van der Waals surface area contributed by atoms with Crippen LogP contribution in [0.15, 0.2) is 12.1 Å². The molecule has 0 amide bonds. The molecule has 2 N–H and O–H groups in total. The van der Waals surface area contributed by atoms with Gasteiger partial charge in [0.1, 0.15) is 5.56 Å². The molecule has 0 aliphatic rings. The summed E-state index contributed by atoms with van der Waals surface area (Å²) in [7, 11) is 0. The van der Waals surface area contributed by atoms with Crippen LogP contribution in [0.1, 0.15) is 43.5 Å². The lowest BCUT2D eigenvalue weighted by molar-refractivity contribution is -0.385. The Hall–Kier alpha value is -2.18. The number of benzene rings is 1. The van der Waals surface area contributed by atoms with E-state index in [1.807, 2.05) is 13.8 Å². The lowest BCUT2D eigenvalue weighted by atomic mass is 10.1. The quantitative estimate of drug-likeness (QED) is 0.591. The minimum absolute atomic E-state index is 0.00222. The van der Waals surface area contributed by atoms with E-state index in [9.17, 15) is 19.3 Å². The number of halogens is 1. The van der Waals surface area contributed by atoms with Crippen molar-refractivity contribution in [3.05, 3.63) is 33.6 Å². The predicted octanol–water partition coefficient (Wildman–Crippen LogP) is 3.42. The number of aromatic carboxylic acids is 1. The van der Waals surface area contributed by atoms with Crippen LogP contribution >= 0.6 is 0 Å². The van der Waals surface area contributed by atoms with Gasteiger partial charge in [-0.3, -0.25) is 10.1 Å². The third-order valence-electron chi connectivity index (χ3n) is 3.00. The third-order valence-corrected chi connectivity index (χ3v) is 3.00. The first kappa shape index (κ1) is 15.9. The molecule has 1 aromatic carbocycles. The minimum atomic E-state index is -1.46. The van der Waals surface area contributed by atoms with Crippen LogP contribution in [0.3, 0.4) is 0 Å². The molecule has 110 valence electrons. The zero-order valence-corrected chi connectivity index (χ0v) is 11.4. The molecule has 0 heterocycles. The van der Waals surface area contributed by atoms with Crippen molar-refractivity contribution < 1.29 is 19.2 Å². The smallest absolute Gasteiger partial charge is 0.342 e. The van der Waals surface area contributed by atoms with E-state index in [-0.39, 0.29) is 11.7 Å². The highest BCUT2D eigenvalue weighted by molar-refractivity contribution is 5.93. The summed E-state index contributed by atoms with van der Waals surface area (Å²) in [4.78, 5) is 20.8. The van der Waals surface area contributed by atoms with E-state index in [0.717, 1.165) is 25.3 Å². The molecule has 0 saturated heterocycles. The standard InChI is InChI=1S/C13H17FN2O4/c1-3-5-8(4-2)15-11-6-9(13(17)18)12(16(19)20)7-10(11)14/h6-8,15H,3-5H2,1-2H3,(H,17,18). The van der Waals surface area contributed by atoms with Crippen molar-refractivity contribution in [2.24, 2.45) is 0 Å². The average Bonchev–Trinajstić information content (AvgIpc) is 2.39. The van der Waals surface area contributed by atoms with E-state index in [1.54, 1.807) is 0 Å². The summed E-state index contributed by atoms with van der Waals surface area (Å²) in [5.74, 6) is -2.28. The van der Waals surface area contributed by atoms with Crippen molar-refractivity contribution in [2.45, 2.75) is 39.2 Å². The zero-order valence-electron chi connectivity index (χ0n) is 11.4. The van der Waals surface area contributed by atoms with Crippen molar-refractivity contribution in [1.29, 1.82) is 0 Å². The van der Waals surface area contributed by atoms with Crippen LogP contribution in [-0.2, 0) is 0 Å². The van der Waals surface area contributed by atoms with E-state index in [1.165, 1.54) is 0 Å². The van der Waals surface area contributed by atoms with Gasteiger partial charge in [0.15, 0.2) is 5.82 Å². The van der Waals surface area contributed by atoms with Crippen LogP contribution in [0.5, 0.6) is 0 Å². The Labute approximate surface area is 115 Å². The molecule has 6 nitrogen and oxygen atoms in total. The van der Waals surface area contributed by atoms with Gasteiger partial charge in [-0.25, -0.2) is 9.18 Å². The summed E-state index contributed by atoms with van der Waals surface area (Å²) in [6.07, 6.45) is 2.44. The van der Waals surface area contributed by atoms with Gasteiger partial charge in [0, 0.05) is 6.04 Å². The van der Waals surface area contributed by atoms with E-state index in [0.29, 0.717) is 6.07 Å². The number of hydrogen-bond acceptors (Lipinski definition) is 4. The molecule has 0 saturated carbocycles. The maximum absolute atomic E-state index is 13.8. The Morgan fingerprint density at radius 1 is 1.50 bits per heavy atom. The number of carboxylic acid groups (broad SMARTS) is 1. The molecule has 0 aliphatic heterocycles. The number of carboxylic acids is 1. The zero-order chi connectivity index (χ0) is 15.3. The largest absolute Gasteiger partial charge is 0.477 e. The van der Waals surface area contributed by atoms with Gasteiger partial charge >= 0.3 is 5.97 Å². The molecule has 1 rings (SSSR count). The first-order chi connectivity index (χ1) is 9.40. The summed E-state index contributed by atoms with van der Waals surface area (Å²) in [6.45, 7) is 3.91. The highest BCUT2D eigenvalue weighted by Gasteiger charge is 2.23. The average molecular weight is 284 g/mol. The molecule has 0 radical (unpaired) electrons. The Morgan fingerprint density at radius 2 is 2.15 bits per heavy atom. The van der Waals surface area contributed by atoms with E-state index in [2.05, 4.69) is 5.32 Å². The normalized spacial score (nSPS) is 11.9. The molecular weight excluding hydrogens is 267 g/mol. The summed E-state index contributed by atoms with van der Waals surface area (Å²) in [5, 5.41) is 22.6. The molecule has 0 aromatic heterocycles. The maximum Gasteiger partial charge on any atom is 0.342 e. The van der Waals surface area contributed by atoms with Crippen LogP contribution in [0.25, 0.3) is 0 Å². The molecule has 7 heteroatoms. The van der Waals surface area contributed by atoms with Crippen LogP contribution in [0.2, 0.25) is 0 Å². The fourth-order valence-corrected chi connectivity index (χ4v) is 1.94. The molecule has 0 bridgehead atoms. The lowest BCUT2D eigenvalue weighted by Gasteiger charge is -2.18. The van der Waals surface area contributed by atoms with Crippen molar-refractivity contribution in [2.75, 3.05) is 5.32 Å². The Bertz CT molecular complexity index is 519. The number of hydrogen-bond donors (Lipinski definition) is 2. The predicted molar refractivity (Wildman–Crippen MR) is 72.6 cm³/mol. The lowest BCUT2D eigenvalue weighted by Crippen LogP contribution is -2.19. The van der Waals surface area contributed by atoms with Crippen molar-refractivity contribution in [3.8, 4) is 0 Å². The van der Waals surface area contributed by atoms with Crippen LogP contribution in [0.4, 0.5) is 15.8 Å².